The first-order chi connectivity index (χ1) is 8.40. The third-order valence-corrected chi connectivity index (χ3v) is 6.54. The molecule has 108 valence electrons. The molecule has 3 unspecified atom stereocenters. The van der Waals surface area contributed by atoms with Crippen molar-refractivity contribution in [2.24, 2.45) is 11.8 Å². The van der Waals surface area contributed by atoms with Crippen LogP contribution in [0.3, 0.4) is 0 Å². The molecule has 0 saturated heterocycles. The van der Waals surface area contributed by atoms with E-state index in [1.165, 1.54) is 0 Å². The molecule has 0 amide bonds. The summed E-state index contributed by atoms with van der Waals surface area (Å²) in [5, 5.41) is 3.05. The normalized spacial score (nSPS) is 29.7. The van der Waals surface area contributed by atoms with Crippen LogP contribution in [0.2, 0.25) is 0 Å². The van der Waals surface area contributed by atoms with E-state index in [0.29, 0.717) is 17.6 Å². The number of nitrogens with one attached hydrogen (secondary N) is 1. The van der Waals surface area contributed by atoms with Gasteiger partial charge in [0.05, 0.1) is 11.0 Å². The summed E-state index contributed by atoms with van der Waals surface area (Å²) in [6, 6.07) is 0.157. The van der Waals surface area contributed by atoms with Crippen molar-refractivity contribution in [2.45, 2.75) is 64.2 Å². The van der Waals surface area contributed by atoms with Crippen molar-refractivity contribution in [1.82, 2.24) is 5.32 Å². The molecule has 1 rings (SSSR count). The van der Waals surface area contributed by atoms with Gasteiger partial charge in [-0.3, -0.25) is 0 Å². The third kappa shape index (κ3) is 4.23. The van der Waals surface area contributed by atoms with Gasteiger partial charge in [-0.1, -0.05) is 27.2 Å². The summed E-state index contributed by atoms with van der Waals surface area (Å²) < 4.78 is 25.0. The minimum atomic E-state index is -2.95. The minimum Gasteiger partial charge on any atom is -0.316 e. The standard InChI is InChI=1S/C14H29NO2S/c1-5-12-6-7-13(15-4)14(10-12)18(16,17)9-8-11(2)3/h11-15H,5-10H2,1-4H3. The van der Waals surface area contributed by atoms with E-state index >= 15 is 0 Å². The van der Waals surface area contributed by atoms with Crippen LogP contribution in [0.4, 0.5) is 0 Å². The van der Waals surface area contributed by atoms with E-state index in [1.54, 1.807) is 0 Å². The van der Waals surface area contributed by atoms with E-state index in [4.69, 9.17) is 0 Å². The Morgan fingerprint density at radius 2 is 1.94 bits per heavy atom. The molecule has 0 bridgehead atoms. The molecule has 1 aliphatic rings. The van der Waals surface area contributed by atoms with Gasteiger partial charge in [-0.2, -0.15) is 0 Å². The molecule has 0 aromatic heterocycles. The third-order valence-electron chi connectivity index (χ3n) is 4.29. The first-order valence-corrected chi connectivity index (χ1v) is 9.01. The summed E-state index contributed by atoms with van der Waals surface area (Å²) in [5.74, 6) is 1.40. The Bertz CT molecular complexity index is 338. The Hall–Kier alpha value is -0.0900. The van der Waals surface area contributed by atoms with E-state index in [2.05, 4.69) is 26.1 Å². The number of sulfone groups is 1. The maximum absolute atomic E-state index is 12.5. The molecule has 0 radical (unpaired) electrons. The van der Waals surface area contributed by atoms with Crippen molar-refractivity contribution in [3.63, 3.8) is 0 Å². The highest BCUT2D eigenvalue weighted by molar-refractivity contribution is 7.92. The van der Waals surface area contributed by atoms with E-state index < -0.39 is 9.84 Å². The second-order valence-electron chi connectivity index (χ2n) is 6.07. The first-order valence-electron chi connectivity index (χ1n) is 7.29. The van der Waals surface area contributed by atoms with Gasteiger partial charge in [-0.25, -0.2) is 8.42 Å². The molecule has 3 atom stereocenters. The first kappa shape index (κ1) is 16.0. The van der Waals surface area contributed by atoms with Crippen molar-refractivity contribution >= 4 is 9.84 Å². The molecule has 0 aromatic rings. The molecule has 1 fully saturated rings. The Labute approximate surface area is 113 Å². The predicted octanol–water partition coefficient (Wildman–Crippen LogP) is 2.61. The molecular formula is C14H29NO2S. The molecule has 0 aliphatic heterocycles. The van der Waals surface area contributed by atoms with Gasteiger partial charge in [0.15, 0.2) is 9.84 Å². The van der Waals surface area contributed by atoms with Gasteiger partial charge >= 0.3 is 0 Å². The summed E-state index contributed by atoms with van der Waals surface area (Å²) in [6.45, 7) is 6.34. The summed E-state index contributed by atoms with van der Waals surface area (Å²) in [5.41, 5.74) is 0. The Balaban J connectivity index is 2.74. The average Bonchev–Trinajstić information content (AvgIpc) is 2.35. The lowest BCUT2D eigenvalue weighted by atomic mass is 9.84. The van der Waals surface area contributed by atoms with Crippen LogP contribution in [0, 0.1) is 11.8 Å². The fourth-order valence-corrected chi connectivity index (χ4v) is 5.30. The fourth-order valence-electron chi connectivity index (χ4n) is 2.86. The zero-order valence-corrected chi connectivity index (χ0v) is 13.1. The molecule has 18 heavy (non-hydrogen) atoms. The Kier molecular flexibility index (Phi) is 6.12. The highest BCUT2D eigenvalue weighted by Gasteiger charge is 2.37. The molecule has 3 nitrogen and oxygen atoms in total. The van der Waals surface area contributed by atoms with Crippen molar-refractivity contribution < 1.29 is 8.42 Å². The van der Waals surface area contributed by atoms with Crippen LogP contribution in [0.25, 0.3) is 0 Å². The smallest absolute Gasteiger partial charge is 0.154 e. The highest BCUT2D eigenvalue weighted by Crippen LogP contribution is 2.31. The average molecular weight is 275 g/mol. The second kappa shape index (κ2) is 6.90. The maximum atomic E-state index is 12.5. The quantitative estimate of drug-likeness (QED) is 0.810. The van der Waals surface area contributed by atoms with Gasteiger partial charge in [-0.15, -0.1) is 0 Å². The van der Waals surface area contributed by atoms with Gasteiger partial charge in [0.2, 0.25) is 0 Å². The SMILES string of the molecule is CCC1CCC(NC)C(S(=O)(=O)CCC(C)C)C1. The lowest BCUT2D eigenvalue weighted by molar-refractivity contribution is 0.296. The van der Waals surface area contributed by atoms with Crippen LogP contribution in [0.1, 0.15) is 52.9 Å². The Morgan fingerprint density at radius 3 is 2.44 bits per heavy atom. The summed E-state index contributed by atoms with van der Waals surface area (Å²) in [7, 11) is -1.05. The number of hydrogen-bond acceptors (Lipinski definition) is 3. The molecule has 1 saturated carbocycles. The fraction of sp³-hybridized carbons (Fsp3) is 1.00. The zero-order valence-electron chi connectivity index (χ0n) is 12.3. The largest absolute Gasteiger partial charge is 0.316 e. The summed E-state index contributed by atoms with van der Waals surface area (Å²) >= 11 is 0. The topological polar surface area (TPSA) is 46.2 Å². The highest BCUT2D eigenvalue weighted by atomic mass is 32.2. The lowest BCUT2D eigenvalue weighted by Crippen LogP contribution is -2.47. The van der Waals surface area contributed by atoms with E-state index in [1.807, 2.05) is 7.05 Å². The van der Waals surface area contributed by atoms with E-state index in [-0.39, 0.29) is 11.3 Å². The van der Waals surface area contributed by atoms with Crippen LogP contribution >= 0.6 is 0 Å². The van der Waals surface area contributed by atoms with E-state index in [9.17, 15) is 8.42 Å². The molecular weight excluding hydrogens is 246 g/mol. The molecule has 1 N–H and O–H groups in total. The predicted molar refractivity (Wildman–Crippen MR) is 77.5 cm³/mol. The minimum absolute atomic E-state index is 0.157. The number of hydrogen-bond donors (Lipinski definition) is 1. The monoisotopic (exact) mass is 275 g/mol. The van der Waals surface area contributed by atoms with Gasteiger partial charge in [-0.05, 0) is 44.6 Å². The molecule has 0 aromatic carbocycles. The van der Waals surface area contributed by atoms with Crippen LogP contribution in [0.5, 0.6) is 0 Å². The maximum Gasteiger partial charge on any atom is 0.154 e. The molecule has 4 heteroatoms. The van der Waals surface area contributed by atoms with Crippen LogP contribution in [-0.4, -0.2) is 32.5 Å². The van der Waals surface area contributed by atoms with Crippen LogP contribution < -0.4 is 5.32 Å². The van der Waals surface area contributed by atoms with Crippen molar-refractivity contribution in [3.8, 4) is 0 Å². The molecule has 0 spiro atoms. The second-order valence-corrected chi connectivity index (χ2v) is 8.41. The van der Waals surface area contributed by atoms with E-state index in [0.717, 1.165) is 32.1 Å². The molecule has 1 aliphatic carbocycles. The summed E-state index contributed by atoms with van der Waals surface area (Å²) in [6.07, 6.45) is 4.90. The number of rotatable bonds is 6. The van der Waals surface area contributed by atoms with Crippen molar-refractivity contribution in [1.29, 1.82) is 0 Å². The van der Waals surface area contributed by atoms with Gasteiger partial charge in [0.1, 0.15) is 0 Å². The van der Waals surface area contributed by atoms with Gasteiger partial charge in [0.25, 0.3) is 0 Å². The Morgan fingerprint density at radius 1 is 1.28 bits per heavy atom. The van der Waals surface area contributed by atoms with Gasteiger partial charge < -0.3 is 5.32 Å². The molecule has 0 heterocycles. The summed E-state index contributed by atoms with van der Waals surface area (Å²) in [4.78, 5) is 0. The van der Waals surface area contributed by atoms with Crippen LogP contribution in [-0.2, 0) is 9.84 Å². The lowest BCUT2D eigenvalue weighted by Gasteiger charge is -2.35. The zero-order chi connectivity index (χ0) is 13.8. The van der Waals surface area contributed by atoms with Crippen molar-refractivity contribution in [2.75, 3.05) is 12.8 Å². The van der Waals surface area contributed by atoms with Gasteiger partial charge in [0, 0.05) is 6.04 Å². The van der Waals surface area contributed by atoms with Crippen molar-refractivity contribution in [3.05, 3.63) is 0 Å². The van der Waals surface area contributed by atoms with Crippen LogP contribution in [0.15, 0.2) is 0 Å².